The second-order valence-electron chi connectivity index (χ2n) is 4.07. The van der Waals surface area contributed by atoms with E-state index in [1.54, 1.807) is 18.2 Å². The summed E-state index contributed by atoms with van der Waals surface area (Å²) in [4.78, 5) is 0. The molecule has 0 N–H and O–H groups in total. The number of hydrogen-bond acceptors (Lipinski definition) is 0. The van der Waals surface area contributed by atoms with Crippen molar-refractivity contribution in [2.75, 3.05) is 0 Å². The molecule has 0 aliphatic carbocycles. The molecule has 2 aromatic rings. The molecular weight excluding hydrogens is 310 g/mol. The lowest BCUT2D eigenvalue weighted by atomic mass is 10.0. The van der Waals surface area contributed by atoms with Crippen molar-refractivity contribution in [1.82, 2.24) is 0 Å². The van der Waals surface area contributed by atoms with Gasteiger partial charge >= 0.3 is 0 Å². The van der Waals surface area contributed by atoms with Crippen molar-refractivity contribution in [3.05, 3.63) is 67.1 Å². The van der Waals surface area contributed by atoms with Crippen LogP contribution in [0.1, 0.15) is 16.7 Å². The van der Waals surface area contributed by atoms with Crippen molar-refractivity contribution in [3.63, 3.8) is 0 Å². The van der Waals surface area contributed by atoms with Crippen LogP contribution in [-0.4, -0.2) is 0 Å². The van der Waals surface area contributed by atoms with E-state index in [1.165, 1.54) is 0 Å². The lowest BCUT2D eigenvalue weighted by Gasteiger charge is -2.11. The Balaban J connectivity index is 2.46. The van der Waals surface area contributed by atoms with Gasteiger partial charge in [0.2, 0.25) is 0 Å². The maximum Gasteiger partial charge on any atom is 0.0630 e. The van der Waals surface area contributed by atoms with Crippen LogP contribution in [0.25, 0.3) is 0 Å². The van der Waals surface area contributed by atoms with E-state index >= 15 is 0 Å². The van der Waals surface area contributed by atoms with Crippen LogP contribution in [0.3, 0.4) is 0 Å². The van der Waals surface area contributed by atoms with Crippen LogP contribution in [0.2, 0.25) is 20.1 Å². The second kappa shape index (κ2) is 5.71. The standard InChI is InChI=1S/C14H10Cl4/c1-8-2-4-13(17)14(18)11(8)7-9-6-10(15)3-5-12(9)16/h2-6H,7H2,1H3. The quantitative estimate of drug-likeness (QED) is 0.618. The minimum atomic E-state index is 0.551. The van der Waals surface area contributed by atoms with Gasteiger partial charge in [-0.25, -0.2) is 0 Å². The largest absolute Gasteiger partial charge is 0.0843 e. The van der Waals surface area contributed by atoms with Crippen molar-refractivity contribution in [1.29, 1.82) is 0 Å². The van der Waals surface area contributed by atoms with Gasteiger partial charge in [-0.3, -0.25) is 0 Å². The van der Waals surface area contributed by atoms with Crippen molar-refractivity contribution < 1.29 is 0 Å². The molecule has 2 rings (SSSR count). The molecule has 4 heteroatoms. The lowest BCUT2D eigenvalue weighted by Crippen LogP contribution is -1.95. The Morgan fingerprint density at radius 3 is 2.28 bits per heavy atom. The molecule has 0 aliphatic rings. The third-order valence-corrected chi connectivity index (χ3v) is 4.25. The summed E-state index contributed by atoms with van der Waals surface area (Å²) in [5.41, 5.74) is 3.00. The molecule has 2 aromatic carbocycles. The smallest absolute Gasteiger partial charge is 0.0630 e. The number of hydrogen-bond donors (Lipinski definition) is 0. The molecule has 0 bridgehead atoms. The summed E-state index contributed by atoms with van der Waals surface area (Å²) in [6.07, 6.45) is 0.616. The van der Waals surface area contributed by atoms with E-state index in [4.69, 9.17) is 46.4 Å². The van der Waals surface area contributed by atoms with Crippen LogP contribution < -0.4 is 0 Å². The molecule has 0 aliphatic heterocycles. The summed E-state index contributed by atoms with van der Waals surface area (Å²) < 4.78 is 0. The molecule has 0 unspecified atom stereocenters. The molecule has 0 nitrogen and oxygen atoms in total. The highest BCUT2D eigenvalue weighted by atomic mass is 35.5. The van der Waals surface area contributed by atoms with Crippen molar-refractivity contribution >= 4 is 46.4 Å². The summed E-state index contributed by atoms with van der Waals surface area (Å²) in [5, 5.41) is 2.46. The number of aryl methyl sites for hydroxylation is 1. The number of benzene rings is 2. The van der Waals surface area contributed by atoms with Gasteiger partial charge in [0.25, 0.3) is 0 Å². The molecule has 0 saturated heterocycles. The SMILES string of the molecule is Cc1ccc(Cl)c(Cl)c1Cc1cc(Cl)ccc1Cl. The fourth-order valence-corrected chi connectivity index (χ4v) is 2.61. The van der Waals surface area contributed by atoms with Gasteiger partial charge in [-0.15, -0.1) is 0 Å². The molecule has 18 heavy (non-hydrogen) atoms. The third-order valence-electron chi connectivity index (χ3n) is 2.81. The van der Waals surface area contributed by atoms with Crippen molar-refractivity contribution in [2.45, 2.75) is 13.3 Å². The van der Waals surface area contributed by atoms with Crippen LogP contribution in [0.15, 0.2) is 30.3 Å². The van der Waals surface area contributed by atoms with Gasteiger partial charge in [-0.05, 0) is 47.9 Å². The van der Waals surface area contributed by atoms with E-state index in [9.17, 15) is 0 Å². The molecule has 0 radical (unpaired) electrons. The zero-order valence-corrected chi connectivity index (χ0v) is 12.6. The maximum atomic E-state index is 6.23. The van der Waals surface area contributed by atoms with Crippen molar-refractivity contribution in [2.24, 2.45) is 0 Å². The monoisotopic (exact) mass is 318 g/mol. The summed E-state index contributed by atoms with van der Waals surface area (Å²) in [6.45, 7) is 2.00. The third kappa shape index (κ3) is 2.95. The number of halogens is 4. The zero-order valence-electron chi connectivity index (χ0n) is 9.61. The Kier molecular flexibility index (Phi) is 4.45. The number of rotatable bonds is 2. The van der Waals surface area contributed by atoms with Crippen LogP contribution in [-0.2, 0) is 6.42 Å². The average Bonchev–Trinajstić information content (AvgIpc) is 2.34. The van der Waals surface area contributed by atoms with Crippen LogP contribution in [0.5, 0.6) is 0 Å². The van der Waals surface area contributed by atoms with Crippen LogP contribution >= 0.6 is 46.4 Å². The molecule has 0 saturated carbocycles. The van der Waals surface area contributed by atoms with Gasteiger partial charge < -0.3 is 0 Å². The van der Waals surface area contributed by atoms with Gasteiger partial charge in [0.05, 0.1) is 10.0 Å². The average molecular weight is 320 g/mol. The van der Waals surface area contributed by atoms with E-state index in [1.807, 2.05) is 19.1 Å². The predicted molar refractivity (Wildman–Crippen MR) is 80.5 cm³/mol. The normalized spacial score (nSPS) is 10.7. The lowest BCUT2D eigenvalue weighted by molar-refractivity contribution is 1.16. The topological polar surface area (TPSA) is 0 Å². The van der Waals surface area contributed by atoms with E-state index in [0.717, 1.165) is 16.7 Å². The molecular formula is C14H10Cl4. The molecule has 0 aromatic heterocycles. The Hall–Kier alpha value is -0.400. The van der Waals surface area contributed by atoms with E-state index in [-0.39, 0.29) is 0 Å². The molecule has 94 valence electrons. The van der Waals surface area contributed by atoms with Crippen LogP contribution in [0.4, 0.5) is 0 Å². The summed E-state index contributed by atoms with van der Waals surface area (Å²) >= 11 is 24.4. The van der Waals surface area contributed by atoms with Gasteiger partial charge in [0.1, 0.15) is 0 Å². The summed E-state index contributed by atoms with van der Waals surface area (Å²) in [6, 6.07) is 9.14. The van der Waals surface area contributed by atoms with E-state index < -0.39 is 0 Å². The Morgan fingerprint density at radius 1 is 0.889 bits per heavy atom. The minimum Gasteiger partial charge on any atom is -0.0843 e. The van der Waals surface area contributed by atoms with E-state index in [2.05, 4.69) is 0 Å². The van der Waals surface area contributed by atoms with Gasteiger partial charge in [-0.1, -0.05) is 52.5 Å². The maximum absolute atomic E-state index is 6.23. The molecule has 0 atom stereocenters. The fourth-order valence-electron chi connectivity index (χ4n) is 1.78. The zero-order chi connectivity index (χ0) is 13.3. The molecule has 0 fully saturated rings. The Bertz CT molecular complexity index is 591. The first-order valence-electron chi connectivity index (χ1n) is 5.36. The van der Waals surface area contributed by atoms with Crippen molar-refractivity contribution in [3.8, 4) is 0 Å². The molecule has 0 amide bonds. The summed E-state index contributed by atoms with van der Waals surface area (Å²) in [5.74, 6) is 0. The highest BCUT2D eigenvalue weighted by molar-refractivity contribution is 6.42. The Morgan fingerprint density at radius 2 is 1.56 bits per heavy atom. The first kappa shape index (κ1) is 14.0. The first-order chi connectivity index (χ1) is 8.49. The molecule has 0 spiro atoms. The second-order valence-corrected chi connectivity index (χ2v) is 5.70. The minimum absolute atomic E-state index is 0.551. The van der Waals surface area contributed by atoms with Gasteiger partial charge in [0, 0.05) is 16.5 Å². The van der Waals surface area contributed by atoms with Crippen LogP contribution in [0, 0.1) is 6.92 Å². The van der Waals surface area contributed by atoms with Gasteiger partial charge in [0.15, 0.2) is 0 Å². The predicted octanol–water partition coefficient (Wildman–Crippen LogP) is 6.20. The van der Waals surface area contributed by atoms with Gasteiger partial charge in [-0.2, -0.15) is 0 Å². The first-order valence-corrected chi connectivity index (χ1v) is 6.87. The van der Waals surface area contributed by atoms with E-state index in [0.29, 0.717) is 26.5 Å². The highest BCUT2D eigenvalue weighted by Crippen LogP contribution is 2.32. The summed E-state index contributed by atoms with van der Waals surface area (Å²) in [7, 11) is 0. The highest BCUT2D eigenvalue weighted by Gasteiger charge is 2.11. The molecule has 0 heterocycles. The fraction of sp³-hybridized carbons (Fsp3) is 0.143. The Labute approximate surface area is 126 Å².